The highest BCUT2D eigenvalue weighted by atomic mass is 16.1. The Hall–Kier alpha value is -1.42. The van der Waals surface area contributed by atoms with Gasteiger partial charge in [0.1, 0.15) is 0 Å². The van der Waals surface area contributed by atoms with E-state index >= 15 is 0 Å². The summed E-state index contributed by atoms with van der Waals surface area (Å²) in [5.41, 5.74) is 0.681. The third-order valence-electron chi connectivity index (χ3n) is 3.82. The Kier molecular flexibility index (Phi) is 5.53. The van der Waals surface area contributed by atoms with Crippen LogP contribution in [0.3, 0.4) is 0 Å². The van der Waals surface area contributed by atoms with Gasteiger partial charge < -0.3 is 10.2 Å². The maximum absolute atomic E-state index is 11.8. The highest BCUT2D eigenvalue weighted by molar-refractivity contribution is 5.93. The van der Waals surface area contributed by atoms with Gasteiger partial charge in [-0.05, 0) is 43.4 Å². The Labute approximate surface area is 121 Å². The van der Waals surface area contributed by atoms with Crippen molar-refractivity contribution >= 4 is 5.91 Å². The molecule has 1 aliphatic heterocycles. The normalized spacial score (nSPS) is 23.5. The zero-order chi connectivity index (χ0) is 14.4. The molecule has 4 heteroatoms. The van der Waals surface area contributed by atoms with E-state index in [0.29, 0.717) is 5.56 Å². The number of hydrogen-bond acceptors (Lipinski definition) is 3. The average Bonchev–Trinajstić information content (AvgIpc) is 2.43. The molecule has 0 unspecified atom stereocenters. The van der Waals surface area contributed by atoms with E-state index in [-0.39, 0.29) is 5.91 Å². The first kappa shape index (κ1) is 15.0. The summed E-state index contributed by atoms with van der Waals surface area (Å²) in [6.45, 7) is 8.86. The predicted octanol–water partition coefficient (Wildman–Crippen LogP) is 2.18. The van der Waals surface area contributed by atoms with Crippen LogP contribution in [0, 0.1) is 11.8 Å². The van der Waals surface area contributed by atoms with Crippen LogP contribution >= 0.6 is 0 Å². The van der Waals surface area contributed by atoms with Crippen molar-refractivity contribution in [3.8, 4) is 0 Å². The lowest BCUT2D eigenvalue weighted by Gasteiger charge is -2.34. The van der Waals surface area contributed by atoms with Crippen molar-refractivity contribution in [2.75, 3.05) is 26.2 Å². The Morgan fingerprint density at radius 3 is 2.60 bits per heavy atom. The molecule has 0 saturated carbocycles. The second-order valence-corrected chi connectivity index (χ2v) is 6.05. The molecule has 4 nitrogen and oxygen atoms in total. The van der Waals surface area contributed by atoms with Gasteiger partial charge in [-0.25, -0.2) is 0 Å². The second kappa shape index (κ2) is 7.39. The minimum absolute atomic E-state index is 0.00668. The number of carbonyl (C=O) groups is 1. The quantitative estimate of drug-likeness (QED) is 0.838. The number of pyridine rings is 1. The van der Waals surface area contributed by atoms with Gasteiger partial charge >= 0.3 is 0 Å². The number of nitrogens with one attached hydrogen (secondary N) is 1. The fourth-order valence-corrected chi connectivity index (χ4v) is 3.08. The number of carbonyl (C=O) groups excluding carboxylic acids is 1. The number of hydrogen-bond donors (Lipinski definition) is 1. The molecule has 2 rings (SSSR count). The number of likely N-dealkylation sites (tertiary alicyclic amines) is 1. The molecule has 0 spiro atoms. The molecule has 1 N–H and O–H groups in total. The lowest BCUT2D eigenvalue weighted by atomic mass is 9.92. The summed E-state index contributed by atoms with van der Waals surface area (Å²) >= 11 is 0. The molecule has 2 heterocycles. The highest BCUT2D eigenvalue weighted by Gasteiger charge is 2.20. The summed E-state index contributed by atoms with van der Waals surface area (Å²) in [4.78, 5) is 18.3. The van der Waals surface area contributed by atoms with E-state index in [1.54, 1.807) is 24.5 Å². The van der Waals surface area contributed by atoms with Crippen molar-refractivity contribution < 1.29 is 4.79 Å². The van der Waals surface area contributed by atoms with Gasteiger partial charge in [-0.15, -0.1) is 0 Å². The Bertz CT molecular complexity index is 411. The SMILES string of the molecule is C[C@H]1C[C@H](C)CN(CCCNC(=O)c2ccncc2)C1. The van der Waals surface area contributed by atoms with Crippen molar-refractivity contribution in [2.24, 2.45) is 11.8 Å². The lowest BCUT2D eigenvalue weighted by Crippen LogP contribution is -2.40. The van der Waals surface area contributed by atoms with E-state index in [1.807, 2.05) is 0 Å². The molecule has 110 valence electrons. The molecule has 2 atom stereocenters. The van der Waals surface area contributed by atoms with Crippen molar-refractivity contribution in [3.63, 3.8) is 0 Å². The van der Waals surface area contributed by atoms with Gasteiger partial charge in [-0.3, -0.25) is 9.78 Å². The Morgan fingerprint density at radius 2 is 1.95 bits per heavy atom. The zero-order valence-electron chi connectivity index (χ0n) is 12.5. The molecule has 1 aromatic heterocycles. The number of amides is 1. The lowest BCUT2D eigenvalue weighted by molar-refractivity contribution is 0.0947. The van der Waals surface area contributed by atoms with Gasteiger partial charge in [0.25, 0.3) is 5.91 Å². The molecule has 1 fully saturated rings. The largest absolute Gasteiger partial charge is 0.352 e. The van der Waals surface area contributed by atoms with E-state index in [1.165, 1.54) is 19.5 Å². The van der Waals surface area contributed by atoms with Crippen LogP contribution in [0.4, 0.5) is 0 Å². The van der Waals surface area contributed by atoms with Gasteiger partial charge in [0.05, 0.1) is 0 Å². The average molecular weight is 275 g/mol. The molecule has 1 amide bonds. The molecular formula is C16H25N3O. The first-order valence-electron chi connectivity index (χ1n) is 7.55. The third-order valence-corrected chi connectivity index (χ3v) is 3.82. The summed E-state index contributed by atoms with van der Waals surface area (Å²) < 4.78 is 0. The van der Waals surface area contributed by atoms with Crippen LogP contribution in [0.1, 0.15) is 37.0 Å². The van der Waals surface area contributed by atoms with Gasteiger partial charge in [0.15, 0.2) is 0 Å². The Morgan fingerprint density at radius 1 is 1.30 bits per heavy atom. The third kappa shape index (κ3) is 4.60. The van der Waals surface area contributed by atoms with Gasteiger partial charge in [0, 0.05) is 37.6 Å². The number of aromatic nitrogens is 1. The summed E-state index contributed by atoms with van der Waals surface area (Å²) in [5, 5.41) is 2.97. The van der Waals surface area contributed by atoms with Gasteiger partial charge in [0.2, 0.25) is 0 Å². The predicted molar refractivity (Wildman–Crippen MR) is 80.6 cm³/mol. The molecule has 0 aliphatic carbocycles. The summed E-state index contributed by atoms with van der Waals surface area (Å²) in [6, 6.07) is 3.48. The molecule has 20 heavy (non-hydrogen) atoms. The van der Waals surface area contributed by atoms with Crippen LogP contribution in [-0.4, -0.2) is 42.0 Å². The van der Waals surface area contributed by atoms with Crippen molar-refractivity contribution in [1.29, 1.82) is 0 Å². The monoisotopic (exact) mass is 275 g/mol. The first-order chi connectivity index (χ1) is 9.65. The molecule has 1 aliphatic rings. The number of nitrogens with zero attached hydrogens (tertiary/aromatic N) is 2. The minimum atomic E-state index is -0.00668. The van der Waals surface area contributed by atoms with E-state index in [0.717, 1.165) is 31.3 Å². The fraction of sp³-hybridized carbons (Fsp3) is 0.625. The second-order valence-electron chi connectivity index (χ2n) is 6.05. The fourth-order valence-electron chi connectivity index (χ4n) is 3.08. The van der Waals surface area contributed by atoms with Crippen molar-refractivity contribution in [3.05, 3.63) is 30.1 Å². The molecule has 1 aromatic rings. The van der Waals surface area contributed by atoms with Crippen LogP contribution in [-0.2, 0) is 0 Å². The molecule has 0 bridgehead atoms. The Balaban J connectivity index is 1.65. The number of piperidine rings is 1. The summed E-state index contributed by atoms with van der Waals surface area (Å²) in [5.74, 6) is 1.59. The van der Waals surface area contributed by atoms with Crippen LogP contribution < -0.4 is 5.32 Å². The standard InChI is InChI=1S/C16H25N3O/c1-13-10-14(2)12-19(11-13)9-3-6-18-16(20)15-4-7-17-8-5-15/h4-5,7-8,13-14H,3,6,9-12H2,1-2H3,(H,18,20)/t13-,14-/m0/s1. The van der Waals surface area contributed by atoms with Crippen LogP contribution in [0.2, 0.25) is 0 Å². The highest BCUT2D eigenvalue weighted by Crippen LogP contribution is 2.20. The van der Waals surface area contributed by atoms with E-state index in [9.17, 15) is 4.79 Å². The van der Waals surface area contributed by atoms with E-state index < -0.39 is 0 Å². The molecule has 0 aromatic carbocycles. The van der Waals surface area contributed by atoms with Gasteiger partial charge in [-0.2, -0.15) is 0 Å². The molecule has 1 saturated heterocycles. The van der Waals surface area contributed by atoms with Crippen LogP contribution in [0.5, 0.6) is 0 Å². The smallest absolute Gasteiger partial charge is 0.251 e. The first-order valence-corrected chi connectivity index (χ1v) is 7.55. The maximum atomic E-state index is 11.8. The van der Waals surface area contributed by atoms with Crippen molar-refractivity contribution in [2.45, 2.75) is 26.7 Å². The maximum Gasteiger partial charge on any atom is 0.251 e. The van der Waals surface area contributed by atoms with E-state index in [2.05, 4.69) is 29.0 Å². The topological polar surface area (TPSA) is 45.2 Å². The summed E-state index contributed by atoms with van der Waals surface area (Å²) in [6.07, 6.45) is 5.64. The van der Waals surface area contributed by atoms with Crippen LogP contribution in [0.15, 0.2) is 24.5 Å². The zero-order valence-corrected chi connectivity index (χ0v) is 12.5. The molecule has 0 radical (unpaired) electrons. The van der Waals surface area contributed by atoms with E-state index in [4.69, 9.17) is 0 Å². The van der Waals surface area contributed by atoms with Crippen LogP contribution in [0.25, 0.3) is 0 Å². The van der Waals surface area contributed by atoms with Gasteiger partial charge in [-0.1, -0.05) is 13.8 Å². The van der Waals surface area contributed by atoms with Crippen molar-refractivity contribution in [1.82, 2.24) is 15.2 Å². The molecular weight excluding hydrogens is 250 g/mol. The summed E-state index contributed by atoms with van der Waals surface area (Å²) in [7, 11) is 0. The minimum Gasteiger partial charge on any atom is -0.352 e. The number of rotatable bonds is 5.